The van der Waals surface area contributed by atoms with Crippen LogP contribution in [0.3, 0.4) is 0 Å². The van der Waals surface area contributed by atoms with E-state index in [2.05, 4.69) is 29.2 Å². The first-order chi connectivity index (χ1) is 9.49. The minimum Gasteiger partial charge on any atom is -0.478 e. The maximum Gasteiger partial charge on any atom is 0.337 e. The molecule has 1 aromatic rings. The number of para-hydroxylation sites is 1. The average Bonchev–Trinajstić information content (AvgIpc) is 2.40. The van der Waals surface area contributed by atoms with E-state index in [9.17, 15) is 9.90 Å². The maximum atomic E-state index is 11.2. The normalized spacial score (nSPS) is 20.8. The smallest absolute Gasteiger partial charge is 0.337 e. The summed E-state index contributed by atoms with van der Waals surface area (Å²) in [6.45, 7) is 3.70. The molecule has 0 aliphatic carbocycles. The molecule has 1 aromatic carbocycles. The summed E-state index contributed by atoms with van der Waals surface area (Å²) >= 11 is 0. The number of nitrogen functional groups attached to an aromatic ring is 1. The van der Waals surface area contributed by atoms with Crippen molar-refractivity contribution in [1.82, 2.24) is 9.80 Å². The first kappa shape index (κ1) is 14.6. The third-order valence-corrected chi connectivity index (χ3v) is 3.82. The van der Waals surface area contributed by atoms with E-state index in [-0.39, 0.29) is 5.56 Å². The fourth-order valence-electron chi connectivity index (χ4n) is 2.49. The monoisotopic (exact) mass is 278 g/mol. The molecule has 6 nitrogen and oxygen atoms in total. The second kappa shape index (κ2) is 6.11. The SMILES string of the molecule is CN1CCN(C)C(CNc2c(N)cccc2C(=O)O)C1. The molecule has 110 valence electrons. The molecule has 1 unspecified atom stereocenters. The van der Waals surface area contributed by atoms with E-state index in [1.54, 1.807) is 18.2 Å². The lowest BCUT2D eigenvalue weighted by Gasteiger charge is -2.38. The Hall–Kier alpha value is -1.79. The molecule has 1 saturated heterocycles. The molecule has 0 amide bonds. The van der Waals surface area contributed by atoms with Gasteiger partial charge in [0.05, 0.1) is 16.9 Å². The van der Waals surface area contributed by atoms with Gasteiger partial charge < -0.3 is 21.1 Å². The van der Waals surface area contributed by atoms with Crippen LogP contribution in [0.25, 0.3) is 0 Å². The Balaban J connectivity index is 2.08. The molecule has 20 heavy (non-hydrogen) atoms. The van der Waals surface area contributed by atoms with Crippen molar-refractivity contribution in [3.8, 4) is 0 Å². The highest BCUT2D eigenvalue weighted by molar-refractivity contribution is 5.97. The number of anilines is 2. The third kappa shape index (κ3) is 3.20. The van der Waals surface area contributed by atoms with Crippen LogP contribution in [0.15, 0.2) is 18.2 Å². The van der Waals surface area contributed by atoms with Crippen molar-refractivity contribution in [2.45, 2.75) is 6.04 Å². The Morgan fingerprint density at radius 1 is 1.45 bits per heavy atom. The van der Waals surface area contributed by atoms with Gasteiger partial charge in [-0.1, -0.05) is 6.07 Å². The number of nitrogens with zero attached hydrogens (tertiary/aromatic N) is 2. The summed E-state index contributed by atoms with van der Waals surface area (Å²) in [4.78, 5) is 15.8. The summed E-state index contributed by atoms with van der Waals surface area (Å²) in [6.07, 6.45) is 0. The van der Waals surface area contributed by atoms with Gasteiger partial charge in [0, 0.05) is 32.2 Å². The largest absolute Gasteiger partial charge is 0.478 e. The highest BCUT2D eigenvalue weighted by atomic mass is 16.4. The maximum absolute atomic E-state index is 11.2. The number of likely N-dealkylation sites (N-methyl/N-ethyl adjacent to an activating group) is 2. The highest BCUT2D eigenvalue weighted by Crippen LogP contribution is 2.23. The topological polar surface area (TPSA) is 81.8 Å². The first-order valence-corrected chi connectivity index (χ1v) is 6.73. The number of nitrogens with two attached hydrogens (primary N) is 1. The molecule has 4 N–H and O–H groups in total. The molecule has 0 radical (unpaired) electrons. The van der Waals surface area contributed by atoms with Crippen molar-refractivity contribution in [2.24, 2.45) is 0 Å². The minimum atomic E-state index is -0.964. The highest BCUT2D eigenvalue weighted by Gasteiger charge is 2.22. The zero-order valence-electron chi connectivity index (χ0n) is 12.0. The number of rotatable bonds is 4. The van der Waals surface area contributed by atoms with Gasteiger partial charge in [-0.2, -0.15) is 0 Å². The predicted octanol–water partition coefficient (Wildman–Crippen LogP) is 0.625. The van der Waals surface area contributed by atoms with E-state index in [0.29, 0.717) is 24.0 Å². The fourth-order valence-corrected chi connectivity index (χ4v) is 2.49. The Bertz CT molecular complexity index is 492. The van der Waals surface area contributed by atoms with E-state index in [1.807, 2.05) is 0 Å². The number of benzene rings is 1. The Morgan fingerprint density at radius 2 is 2.20 bits per heavy atom. The van der Waals surface area contributed by atoms with Crippen molar-refractivity contribution in [1.29, 1.82) is 0 Å². The number of hydrogen-bond donors (Lipinski definition) is 3. The fraction of sp³-hybridized carbons (Fsp3) is 0.500. The molecule has 0 bridgehead atoms. The van der Waals surface area contributed by atoms with Crippen molar-refractivity contribution in [2.75, 3.05) is 51.3 Å². The van der Waals surface area contributed by atoms with Gasteiger partial charge in [-0.25, -0.2) is 4.79 Å². The van der Waals surface area contributed by atoms with Crippen LogP contribution in [0.5, 0.6) is 0 Å². The van der Waals surface area contributed by atoms with Crippen LogP contribution < -0.4 is 11.1 Å². The summed E-state index contributed by atoms with van der Waals surface area (Å²) in [6, 6.07) is 5.28. The van der Waals surface area contributed by atoms with E-state index >= 15 is 0 Å². The van der Waals surface area contributed by atoms with Crippen molar-refractivity contribution in [3.05, 3.63) is 23.8 Å². The Kier molecular flexibility index (Phi) is 4.46. The van der Waals surface area contributed by atoms with Crippen molar-refractivity contribution >= 4 is 17.3 Å². The average molecular weight is 278 g/mol. The van der Waals surface area contributed by atoms with Crippen LogP contribution in [0.2, 0.25) is 0 Å². The quantitative estimate of drug-likeness (QED) is 0.701. The van der Waals surface area contributed by atoms with E-state index in [0.717, 1.165) is 19.6 Å². The molecule has 2 rings (SSSR count). The van der Waals surface area contributed by atoms with Crippen LogP contribution >= 0.6 is 0 Å². The lowest BCUT2D eigenvalue weighted by atomic mass is 10.1. The van der Waals surface area contributed by atoms with Crippen LogP contribution in [-0.4, -0.2) is 67.2 Å². The third-order valence-electron chi connectivity index (χ3n) is 3.82. The summed E-state index contributed by atoms with van der Waals surface area (Å²) in [5.41, 5.74) is 7.09. The lowest BCUT2D eigenvalue weighted by Crippen LogP contribution is -2.52. The van der Waals surface area contributed by atoms with Gasteiger partial charge >= 0.3 is 5.97 Å². The molecule has 0 saturated carbocycles. The molecule has 1 aliphatic heterocycles. The van der Waals surface area contributed by atoms with Crippen LogP contribution in [0, 0.1) is 0 Å². The molecule has 0 aromatic heterocycles. The van der Waals surface area contributed by atoms with Gasteiger partial charge in [-0.05, 0) is 26.2 Å². The molecule has 1 aliphatic rings. The number of carboxylic acids is 1. The van der Waals surface area contributed by atoms with E-state index < -0.39 is 5.97 Å². The van der Waals surface area contributed by atoms with Gasteiger partial charge in [0.25, 0.3) is 0 Å². The zero-order chi connectivity index (χ0) is 14.7. The van der Waals surface area contributed by atoms with Gasteiger partial charge in [-0.3, -0.25) is 4.90 Å². The molecule has 6 heteroatoms. The van der Waals surface area contributed by atoms with E-state index in [1.165, 1.54) is 0 Å². The molecular weight excluding hydrogens is 256 g/mol. The second-order valence-corrected chi connectivity index (χ2v) is 5.35. The summed E-state index contributed by atoms with van der Waals surface area (Å²) in [5.74, 6) is -0.964. The Labute approximate surface area is 119 Å². The zero-order valence-corrected chi connectivity index (χ0v) is 12.0. The predicted molar refractivity (Wildman–Crippen MR) is 80.2 cm³/mol. The molecule has 1 heterocycles. The number of carboxylic acid groups (broad SMARTS) is 1. The van der Waals surface area contributed by atoms with Crippen molar-refractivity contribution in [3.63, 3.8) is 0 Å². The number of aromatic carboxylic acids is 1. The molecule has 0 spiro atoms. The van der Waals surface area contributed by atoms with Gasteiger partial charge in [-0.15, -0.1) is 0 Å². The number of carbonyl (C=O) groups is 1. The number of piperazine rings is 1. The van der Waals surface area contributed by atoms with Crippen LogP contribution in [0.4, 0.5) is 11.4 Å². The van der Waals surface area contributed by atoms with Crippen molar-refractivity contribution < 1.29 is 9.90 Å². The molecular formula is C14H22N4O2. The number of hydrogen-bond acceptors (Lipinski definition) is 5. The number of nitrogens with one attached hydrogen (secondary N) is 1. The molecule has 1 fully saturated rings. The standard InChI is InChI=1S/C14H22N4O2/c1-17-6-7-18(2)10(9-17)8-16-13-11(14(19)20)4-3-5-12(13)15/h3-5,10,16H,6-9,15H2,1-2H3,(H,19,20). The van der Waals surface area contributed by atoms with Gasteiger partial charge in [0.1, 0.15) is 0 Å². The van der Waals surface area contributed by atoms with E-state index in [4.69, 9.17) is 5.73 Å². The first-order valence-electron chi connectivity index (χ1n) is 6.73. The Morgan fingerprint density at radius 3 is 2.90 bits per heavy atom. The lowest BCUT2D eigenvalue weighted by molar-refractivity contribution is 0.0698. The van der Waals surface area contributed by atoms with Crippen LogP contribution in [-0.2, 0) is 0 Å². The molecule has 1 atom stereocenters. The van der Waals surface area contributed by atoms with Crippen LogP contribution in [0.1, 0.15) is 10.4 Å². The summed E-state index contributed by atoms with van der Waals surface area (Å²) < 4.78 is 0. The minimum absolute atomic E-state index is 0.219. The summed E-state index contributed by atoms with van der Waals surface area (Å²) in [5, 5.41) is 12.4. The van der Waals surface area contributed by atoms with Gasteiger partial charge in [0.2, 0.25) is 0 Å². The van der Waals surface area contributed by atoms with Gasteiger partial charge in [0.15, 0.2) is 0 Å². The second-order valence-electron chi connectivity index (χ2n) is 5.35. The summed E-state index contributed by atoms with van der Waals surface area (Å²) in [7, 11) is 4.19.